The molecule has 6 nitrogen and oxygen atoms in total. The molecule has 1 amide bonds. The second-order valence-electron chi connectivity index (χ2n) is 7.28. The number of carbonyl (C=O) groups excluding carboxylic acids is 1. The van der Waals surface area contributed by atoms with Crippen molar-refractivity contribution < 1.29 is 9.53 Å². The summed E-state index contributed by atoms with van der Waals surface area (Å²) >= 11 is 6.03. The van der Waals surface area contributed by atoms with Gasteiger partial charge >= 0.3 is 6.09 Å². The Bertz CT molecular complexity index is 839. The number of likely N-dealkylation sites (tertiary alicyclic amines) is 1. The van der Waals surface area contributed by atoms with Crippen LogP contribution in [0.5, 0.6) is 0 Å². The Morgan fingerprint density at radius 2 is 2.08 bits per heavy atom. The summed E-state index contributed by atoms with van der Waals surface area (Å²) in [5, 5.41) is 10.6. The lowest BCUT2D eigenvalue weighted by Gasteiger charge is -2.34. The van der Waals surface area contributed by atoms with Gasteiger partial charge < -0.3 is 14.2 Å². The largest absolute Gasteiger partial charge is 0.444 e. The van der Waals surface area contributed by atoms with Gasteiger partial charge in [0.1, 0.15) is 16.8 Å². The van der Waals surface area contributed by atoms with E-state index in [0.29, 0.717) is 23.8 Å². The van der Waals surface area contributed by atoms with Gasteiger partial charge in [-0.15, -0.1) is 0 Å². The first-order valence-electron chi connectivity index (χ1n) is 8.32. The minimum absolute atomic E-state index is 0.210. The number of carbonyl (C=O) groups is 1. The van der Waals surface area contributed by atoms with Crippen LogP contribution in [0.1, 0.15) is 45.2 Å². The average molecular weight is 361 g/mol. The van der Waals surface area contributed by atoms with E-state index in [9.17, 15) is 10.1 Å². The van der Waals surface area contributed by atoms with E-state index in [1.807, 2.05) is 27.0 Å². The van der Waals surface area contributed by atoms with Crippen molar-refractivity contribution in [2.45, 2.75) is 45.3 Å². The van der Waals surface area contributed by atoms with Gasteiger partial charge in [-0.05, 0) is 39.7 Å². The van der Waals surface area contributed by atoms with Crippen molar-refractivity contribution in [3.05, 3.63) is 29.2 Å². The molecule has 2 aromatic heterocycles. The number of pyridine rings is 1. The molecule has 25 heavy (non-hydrogen) atoms. The Labute approximate surface area is 151 Å². The average Bonchev–Trinajstić information content (AvgIpc) is 2.91. The summed E-state index contributed by atoms with van der Waals surface area (Å²) in [7, 11) is 0. The maximum Gasteiger partial charge on any atom is 0.410 e. The van der Waals surface area contributed by atoms with Crippen LogP contribution in [0.25, 0.3) is 10.9 Å². The van der Waals surface area contributed by atoms with Crippen LogP contribution >= 0.6 is 11.6 Å². The summed E-state index contributed by atoms with van der Waals surface area (Å²) in [5.41, 5.74) is 1.01. The molecule has 3 heterocycles. The van der Waals surface area contributed by atoms with Crippen LogP contribution in [-0.4, -0.2) is 39.2 Å². The number of aromatic nitrogens is 2. The molecule has 0 spiro atoms. The number of nitriles is 1. The van der Waals surface area contributed by atoms with Crippen LogP contribution < -0.4 is 0 Å². The monoisotopic (exact) mass is 360 g/mol. The lowest BCUT2D eigenvalue weighted by Crippen LogP contribution is -2.42. The first-order chi connectivity index (χ1) is 11.8. The molecular weight excluding hydrogens is 340 g/mol. The third kappa shape index (κ3) is 3.72. The minimum Gasteiger partial charge on any atom is -0.444 e. The van der Waals surface area contributed by atoms with Crippen LogP contribution in [0.4, 0.5) is 4.79 Å². The van der Waals surface area contributed by atoms with Crippen molar-refractivity contribution in [3.8, 4) is 6.07 Å². The molecule has 132 valence electrons. The Kier molecular flexibility index (Phi) is 4.61. The summed E-state index contributed by atoms with van der Waals surface area (Å²) in [6, 6.07) is 4.21. The van der Waals surface area contributed by atoms with E-state index in [-0.39, 0.29) is 12.1 Å². The molecule has 0 bridgehead atoms. The Hall–Kier alpha value is -2.26. The van der Waals surface area contributed by atoms with E-state index in [1.54, 1.807) is 17.2 Å². The fourth-order valence-electron chi connectivity index (χ4n) is 3.16. The Morgan fingerprint density at radius 3 is 2.68 bits per heavy atom. The predicted octanol–water partition coefficient (Wildman–Crippen LogP) is 4.13. The van der Waals surface area contributed by atoms with Crippen LogP contribution in [0.15, 0.2) is 18.5 Å². The summed E-state index contributed by atoms with van der Waals surface area (Å²) in [5.74, 6) is 0. The third-order valence-corrected chi connectivity index (χ3v) is 4.52. The molecule has 0 saturated carbocycles. The van der Waals surface area contributed by atoms with Crippen LogP contribution in [-0.2, 0) is 4.74 Å². The molecule has 0 N–H and O–H groups in total. The van der Waals surface area contributed by atoms with Gasteiger partial charge in [0.05, 0.1) is 11.1 Å². The van der Waals surface area contributed by atoms with Crippen molar-refractivity contribution in [1.29, 1.82) is 5.26 Å². The third-order valence-electron chi connectivity index (χ3n) is 4.32. The highest BCUT2D eigenvalue weighted by atomic mass is 35.5. The summed E-state index contributed by atoms with van der Waals surface area (Å²) in [6.45, 7) is 6.85. The Morgan fingerprint density at radius 1 is 1.40 bits per heavy atom. The fourth-order valence-corrected chi connectivity index (χ4v) is 3.32. The summed E-state index contributed by atoms with van der Waals surface area (Å²) in [4.78, 5) is 18.0. The van der Waals surface area contributed by atoms with Crippen molar-refractivity contribution in [3.63, 3.8) is 0 Å². The number of rotatable bonds is 1. The Balaban J connectivity index is 1.78. The van der Waals surface area contributed by atoms with Crippen molar-refractivity contribution in [1.82, 2.24) is 14.5 Å². The number of hydrogen-bond donors (Lipinski definition) is 0. The number of piperidine rings is 1. The molecule has 3 rings (SSSR count). The highest BCUT2D eigenvalue weighted by Gasteiger charge is 2.28. The molecule has 1 aliphatic rings. The first kappa shape index (κ1) is 17.6. The summed E-state index contributed by atoms with van der Waals surface area (Å²) in [6.07, 6.45) is 4.83. The van der Waals surface area contributed by atoms with Gasteiger partial charge in [0.15, 0.2) is 0 Å². The SMILES string of the molecule is CC(C)(C)OC(=O)N1CCC(n2cc(C#N)c3cnc(Cl)cc32)CC1. The van der Waals surface area contributed by atoms with E-state index in [0.717, 1.165) is 23.7 Å². The van der Waals surface area contributed by atoms with Crippen molar-refractivity contribution in [2.24, 2.45) is 0 Å². The van der Waals surface area contributed by atoms with E-state index in [4.69, 9.17) is 16.3 Å². The smallest absolute Gasteiger partial charge is 0.410 e. The van der Waals surface area contributed by atoms with Gasteiger partial charge in [0.25, 0.3) is 0 Å². The van der Waals surface area contributed by atoms with Crippen molar-refractivity contribution >= 4 is 28.6 Å². The van der Waals surface area contributed by atoms with Crippen molar-refractivity contribution in [2.75, 3.05) is 13.1 Å². The van der Waals surface area contributed by atoms with E-state index >= 15 is 0 Å². The molecule has 1 fully saturated rings. The molecular formula is C18H21ClN4O2. The van der Waals surface area contributed by atoms with Gasteiger partial charge in [0.2, 0.25) is 0 Å². The number of amides is 1. The maximum absolute atomic E-state index is 12.2. The van der Waals surface area contributed by atoms with E-state index in [1.165, 1.54) is 0 Å². The van der Waals surface area contributed by atoms with Gasteiger partial charge in [-0.2, -0.15) is 5.26 Å². The topological polar surface area (TPSA) is 71.2 Å². The second-order valence-corrected chi connectivity index (χ2v) is 7.67. The summed E-state index contributed by atoms with van der Waals surface area (Å²) < 4.78 is 7.53. The first-order valence-corrected chi connectivity index (χ1v) is 8.70. The minimum atomic E-state index is -0.490. The normalized spacial score (nSPS) is 16.0. The van der Waals surface area contributed by atoms with E-state index < -0.39 is 5.60 Å². The van der Waals surface area contributed by atoms with Crippen LogP contribution in [0, 0.1) is 11.3 Å². The van der Waals surface area contributed by atoms with Crippen LogP contribution in [0.3, 0.4) is 0 Å². The van der Waals surface area contributed by atoms with Crippen LogP contribution in [0.2, 0.25) is 5.15 Å². The molecule has 7 heteroatoms. The standard InChI is InChI=1S/C18H21ClN4O2/c1-18(2,3)25-17(24)22-6-4-13(5-7-22)23-11-12(9-20)14-10-21-16(19)8-15(14)23/h8,10-11,13H,4-7H2,1-3H3. The molecule has 2 aromatic rings. The zero-order chi connectivity index (χ0) is 18.2. The highest BCUT2D eigenvalue weighted by Crippen LogP contribution is 2.31. The highest BCUT2D eigenvalue weighted by molar-refractivity contribution is 6.30. The number of fused-ring (bicyclic) bond motifs is 1. The zero-order valence-electron chi connectivity index (χ0n) is 14.6. The lowest BCUT2D eigenvalue weighted by molar-refractivity contribution is 0.0190. The van der Waals surface area contributed by atoms with Gasteiger partial charge in [-0.25, -0.2) is 9.78 Å². The predicted molar refractivity (Wildman–Crippen MR) is 95.5 cm³/mol. The number of halogens is 1. The number of nitrogens with zero attached hydrogens (tertiary/aromatic N) is 4. The fraction of sp³-hybridized carbons (Fsp3) is 0.500. The molecule has 1 saturated heterocycles. The number of hydrogen-bond acceptors (Lipinski definition) is 4. The molecule has 0 aromatic carbocycles. The molecule has 1 aliphatic heterocycles. The molecule has 0 radical (unpaired) electrons. The zero-order valence-corrected chi connectivity index (χ0v) is 15.4. The van der Waals surface area contributed by atoms with E-state index in [2.05, 4.69) is 15.6 Å². The molecule has 0 unspecified atom stereocenters. The van der Waals surface area contributed by atoms with Gasteiger partial charge in [-0.3, -0.25) is 0 Å². The quantitative estimate of drug-likeness (QED) is 0.717. The molecule has 0 atom stereocenters. The lowest BCUT2D eigenvalue weighted by atomic mass is 10.1. The van der Waals surface area contributed by atoms with Gasteiger partial charge in [-0.1, -0.05) is 11.6 Å². The molecule has 0 aliphatic carbocycles. The second kappa shape index (κ2) is 6.57. The van der Waals surface area contributed by atoms with Gasteiger partial charge in [0, 0.05) is 36.9 Å². The number of ether oxygens (including phenoxy) is 1. The maximum atomic E-state index is 12.2.